The number of pyridine rings is 1. The molecule has 1 aromatic rings. The van der Waals surface area contributed by atoms with Gasteiger partial charge in [0.2, 0.25) is 5.91 Å². The van der Waals surface area contributed by atoms with E-state index in [1.807, 2.05) is 18.2 Å². The monoisotopic (exact) mass is 440 g/mol. The second-order valence-electron chi connectivity index (χ2n) is 8.46. The molecule has 5 heteroatoms. The Bertz CT molecular complexity index is 584. The van der Waals surface area contributed by atoms with Gasteiger partial charge < -0.3 is 0 Å². The standard InChI is InChI=1S/C24H38Cl2N2O/c1-2-3-4-5-6-7-8-9-10-11-12-14-17-24(26)21(19-25)20-28(23(24)29)22-16-13-15-18-27-22/h13,15-16,18,21H,2-12,14,17,19-20H2,1H3/t21-,24-/m0/s1. The van der Waals surface area contributed by atoms with Crippen LogP contribution in [0.1, 0.15) is 90.4 Å². The summed E-state index contributed by atoms with van der Waals surface area (Å²) in [6, 6.07) is 5.60. The molecule has 2 heterocycles. The Hall–Kier alpha value is -0.800. The van der Waals surface area contributed by atoms with Crippen molar-refractivity contribution in [2.45, 2.75) is 95.3 Å². The van der Waals surface area contributed by atoms with Crippen LogP contribution in [0.4, 0.5) is 5.82 Å². The first-order valence-electron chi connectivity index (χ1n) is 11.6. The summed E-state index contributed by atoms with van der Waals surface area (Å²) in [6.45, 7) is 2.82. The van der Waals surface area contributed by atoms with Gasteiger partial charge in [0.25, 0.3) is 0 Å². The zero-order chi connectivity index (χ0) is 21.0. The fourth-order valence-electron chi connectivity index (χ4n) is 4.26. The highest BCUT2D eigenvalue weighted by Gasteiger charge is 2.52. The Kier molecular flexibility index (Phi) is 11.4. The van der Waals surface area contributed by atoms with Crippen molar-refractivity contribution in [1.82, 2.24) is 4.98 Å². The number of nitrogens with zero attached hydrogens (tertiary/aromatic N) is 2. The van der Waals surface area contributed by atoms with Crippen molar-refractivity contribution in [3.8, 4) is 0 Å². The Morgan fingerprint density at radius 3 is 2.10 bits per heavy atom. The van der Waals surface area contributed by atoms with Gasteiger partial charge in [-0.25, -0.2) is 4.98 Å². The summed E-state index contributed by atoms with van der Waals surface area (Å²) in [5, 5.41) is 0. The van der Waals surface area contributed by atoms with Gasteiger partial charge in [-0.3, -0.25) is 9.69 Å². The third kappa shape index (κ3) is 7.43. The lowest BCUT2D eigenvalue weighted by Gasteiger charge is -2.24. The van der Waals surface area contributed by atoms with E-state index in [1.165, 1.54) is 64.2 Å². The van der Waals surface area contributed by atoms with Crippen molar-refractivity contribution < 1.29 is 4.79 Å². The minimum atomic E-state index is -0.877. The topological polar surface area (TPSA) is 33.2 Å². The number of carbonyl (C=O) groups is 1. The molecule has 0 unspecified atom stereocenters. The van der Waals surface area contributed by atoms with Gasteiger partial charge in [-0.15, -0.1) is 23.2 Å². The number of anilines is 1. The van der Waals surface area contributed by atoms with Gasteiger partial charge in [-0.2, -0.15) is 0 Å². The van der Waals surface area contributed by atoms with Crippen LogP contribution in [0.5, 0.6) is 0 Å². The first-order chi connectivity index (χ1) is 14.1. The summed E-state index contributed by atoms with van der Waals surface area (Å²) in [5.41, 5.74) is 0. The average Bonchev–Trinajstić information content (AvgIpc) is 3.00. The van der Waals surface area contributed by atoms with E-state index < -0.39 is 4.87 Å². The largest absolute Gasteiger partial charge is 0.295 e. The molecule has 1 aromatic heterocycles. The third-order valence-corrected chi connectivity index (χ3v) is 7.19. The molecule has 1 fully saturated rings. The quantitative estimate of drug-likeness (QED) is 0.211. The maximum atomic E-state index is 13.0. The van der Waals surface area contributed by atoms with Crippen molar-refractivity contribution in [2.24, 2.45) is 5.92 Å². The fourth-order valence-corrected chi connectivity index (χ4v) is 5.09. The lowest BCUT2D eigenvalue weighted by Crippen LogP contribution is -2.39. The Labute approximate surface area is 187 Å². The van der Waals surface area contributed by atoms with Gasteiger partial charge in [0.15, 0.2) is 0 Å². The number of aromatic nitrogens is 1. The van der Waals surface area contributed by atoms with Crippen LogP contribution in [-0.2, 0) is 4.79 Å². The normalized spacial score (nSPS) is 21.8. The van der Waals surface area contributed by atoms with Crippen LogP contribution in [0.25, 0.3) is 0 Å². The molecule has 1 saturated heterocycles. The maximum absolute atomic E-state index is 13.0. The van der Waals surface area contributed by atoms with E-state index in [9.17, 15) is 4.79 Å². The van der Waals surface area contributed by atoms with Crippen LogP contribution in [0.3, 0.4) is 0 Å². The van der Waals surface area contributed by atoms with Gasteiger partial charge in [0.1, 0.15) is 10.7 Å². The number of halogens is 2. The second-order valence-corrected chi connectivity index (χ2v) is 9.44. The molecule has 1 aliphatic rings. The molecule has 0 saturated carbocycles. The average molecular weight is 441 g/mol. The number of rotatable bonds is 15. The molecule has 0 N–H and O–H groups in total. The highest BCUT2D eigenvalue weighted by Crippen LogP contribution is 2.41. The molecule has 1 aliphatic heterocycles. The van der Waals surface area contributed by atoms with Crippen molar-refractivity contribution in [3.05, 3.63) is 24.4 Å². The van der Waals surface area contributed by atoms with Gasteiger partial charge in [-0.05, 0) is 18.6 Å². The van der Waals surface area contributed by atoms with Gasteiger partial charge in [0.05, 0.1) is 0 Å². The van der Waals surface area contributed by atoms with E-state index in [-0.39, 0.29) is 11.8 Å². The second kappa shape index (κ2) is 13.5. The van der Waals surface area contributed by atoms with Crippen molar-refractivity contribution >= 4 is 34.9 Å². The number of hydrogen-bond donors (Lipinski definition) is 0. The van der Waals surface area contributed by atoms with Crippen molar-refractivity contribution in [1.29, 1.82) is 0 Å². The third-order valence-electron chi connectivity index (χ3n) is 6.16. The molecule has 1 amide bonds. The summed E-state index contributed by atoms with van der Waals surface area (Å²) in [6.07, 6.45) is 18.0. The number of hydrogen-bond acceptors (Lipinski definition) is 2. The lowest BCUT2D eigenvalue weighted by atomic mass is 9.90. The molecular formula is C24H38Cl2N2O. The minimum Gasteiger partial charge on any atom is -0.295 e. The summed E-state index contributed by atoms with van der Waals surface area (Å²) in [5.74, 6) is 1.00. The molecule has 29 heavy (non-hydrogen) atoms. The first-order valence-corrected chi connectivity index (χ1v) is 12.5. The molecule has 0 radical (unpaired) electrons. The van der Waals surface area contributed by atoms with Crippen LogP contribution in [0, 0.1) is 5.92 Å². The molecule has 0 aliphatic carbocycles. The Balaban J connectivity index is 1.64. The zero-order valence-electron chi connectivity index (χ0n) is 18.1. The number of amides is 1. The van der Waals surface area contributed by atoms with E-state index in [4.69, 9.17) is 23.2 Å². The summed E-state index contributed by atoms with van der Waals surface area (Å²) >= 11 is 13.0. The molecule has 2 atom stereocenters. The molecule has 164 valence electrons. The lowest BCUT2D eigenvalue weighted by molar-refractivity contribution is -0.120. The molecule has 2 rings (SSSR count). The highest BCUT2D eigenvalue weighted by molar-refractivity contribution is 6.38. The van der Waals surface area contributed by atoms with Gasteiger partial charge >= 0.3 is 0 Å². The van der Waals surface area contributed by atoms with Crippen LogP contribution in [0.15, 0.2) is 24.4 Å². The Morgan fingerprint density at radius 1 is 1.00 bits per heavy atom. The minimum absolute atomic E-state index is 0.0342. The molecule has 3 nitrogen and oxygen atoms in total. The van der Waals surface area contributed by atoms with Gasteiger partial charge in [0, 0.05) is 24.5 Å². The van der Waals surface area contributed by atoms with Crippen molar-refractivity contribution in [2.75, 3.05) is 17.3 Å². The van der Waals surface area contributed by atoms with Crippen LogP contribution in [0.2, 0.25) is 0 Å². The number of alkyl halides is 2. The summed E-state index contributed by atoms with van der Waals surface area (Å²) < 4.78 is 0. The van der Waals surface area contributed by atoms with E-state index in [0.29, 0.717) is 24.7 Å². The summed E-state index contributed by atoms with van der Waals surface area (Å²) in [4.78, 5) is 18.2. The molecule has 0 spiro atoms. The maximum Gasteiger partial charge on any atom is 0.249 e. The van der Waals surface area contributed by atoms with Crippen LogP contribution >= 0.6 is 23.2 Å². The van der Waals surface area contributed by atoms with E-state index in [0.717, 1.165) is 12.8 Å². The predicted octanol–water partition coefficient (Wildman–Crippen LogP) is 7.35. The van der Waals surface area contributed by atoms with E-state index in [2.05, 4.69) is 11.9 Å². The summed E-state index contributed by atoms with van der Waals surface area (Å²) in [7, 11) is 0. The highest BCUT2D eigenvalue weighted by atomic mass is 35.5. The van der Waals surface area contributed by atoms with Crippen LogP contribution in [-0.4, -0.2) is 28.2 Å². The smallest absolute Gasteiger partial charge is 0.249 e. The molecule has 0 aromatic carbocycles. The number of carbonyl (C=O) groups excluding carboxylic acids is 1. The molecular weight excluding hydrogens is 403 g/mol. The van der Waals surface area contributed by atoms with E-state index in [1.54, 1.807) is 11.1 Å². The first kappa shape index (κ1) is 24.5. The zero-order valence-corrected chi connectivity index (χ0v) is 19.6. The predicted molar refractivity (Wildman–Crippen MR) is 125 cm³/mol. The SMILES string of the molecule is CCCCCCCCCCCCCC[C@@]1(Cl)C(=O)N(c2ccccn2)C[C@@H]1CCl. The van der Waals surface area contributed by atoms with Gasteiger partial charge in [-0.1, -0.05) is 90.0 Å². The van der Waals surface area contributed by atoms with E-state index >= 15 is 0 Å². The fraction of sp³-hybridized carbons (Fsp3) is 0.750. The molecule has 0 bridgehead atoms. The number of unbranched alkanes of at least 4 members (excludes halogenated alkanes) is 11. The van der Waals surface area contributed by atoms with Crippen molar-refractivity contribution in [3.63, 3.8) is 0 Å². The van der Waals surface area contributed by atoms with Crippen LogP contribution < -0.4 is 4.90 Å². The Morgan fingerprint density at radius 2 is 1.59 bits per heavy atom.